The number of aromatic nitrogens is 2. The SMILES string of the molecule is COc1ccc(N(C)C(=O)Cc2noc(C)n2)cc1OC. The first-order chi connectivity index (χ1) is 10.0. The summed E-state index contributed by atoms with van der Waals surface area (Å²) in [6.07, 6.45) is 0.0716. The van der Waals surface area contributed by atoms with Gasteiger partial charge in [0.2, 0.25) is 11.8 Å². The minimum atomic E-state index is -0.150. The lowest BCUT2D eigenvalue weighted by Crippen LogP contribution is -2.28. The van der Waals surface area contributed by atoms with E-state index in [0.717, 1.165) is 0 Å². The summed E-state index contributed by atoms with van der Waals surface area (Å²) in [5.41, 5.74) is 0.692. The van der Waals surface area contributed by atoms with E-state index in [1.807, 2.05) is 0 Å². The molecule has 0 saturated heterocycles. The van der Waals surface area contributed by atoms with E-state index in [1.54, 1.807) is 46.4 Å². The second kappa shape index (κ2) is 6.25. The molecule has 2 rings (SSSR count). The smallest absolute Gasteiger partial charge is 0.234 e. The second-order valence-corrected chi connectivity index (χ2v) is 4.40. The number of anilines is 1. The lowest BCUT2D eigenvalue weighted by atomic mass is 10.2. The molecule has 0 spiro atoms. The van der Waals surface area contributed by atoms with Gasteiger partial charge in [0.05, 0.1) is 20.6 Å². The van der Waals surface area contributed by atoms with E-state index >= 15 is 0 Å². The van der Waals surface area contributed by atoms with Crippen LogP contribution in [0.3, 0.4) is 0 Å². The fraction of sp³-hybridized carbons (Fsp3) is 0.357. The molecule has 0 bridgehead atoms. The third-order valence-electron chi connectivity index (χ3n) is 3.01. The number of nitrogens with zero attached hydrogens (tertiary/aromatic N) is 3. The number of aryl methyl sites for hydroxylation is 1. The molecule has 1 aromatic heterocycles. The van der Waals surface area contributed by atoms with Crippen molar-refractivity contribution in [1.29, 1.82) is 0 Å². The van der Waals surface area contributed by atoms with Crippen LogP contribution in [0.15, 0.2) is 22.7 Å². The van der Waals surface area contributed by atoms with Crippen LogP contribution in [0.25, 0.3) is 0 Å². The number of rotatable bonds is 5. The van der Waals surface area contributed by atoms with Crippen molar-refractivity contribution in [3.8, 4) is 11.5 Å². The number of carbonyl (C=O) groups excluding carboxylic acids is 1. The molecule has 0 N–H and O–H groups in total. The standard InChI is InChI=1S/C14H17N3O4/c1-9-15-13(16-21-9)8-14(18)17(2)10-5-6-11(19-3)12(7-10)20-4/h5-7H,8H2,1-4H3. The van der Waals surface area contributed by atoms with Crippen LogP contribution >= 0.6 is 0 Å². The van der Waals surface area contributed by atoms with E-state index in [1.165, 1.54) is 4.90 Å². The zero-order valence-electron chi connectivity index (χ0n) is 12.4. The monoisotopic (exact) mass is 291 g/mol. The van der Waals surface area contributed by atoms with E-state index < -0.39 is 0 Å². The van der Waals surface area contributed by atoms with E-state index in [0.29, 0.717) is 28.9 Å². The number of benzene rings is 1. The van der Waals surface area contributed by atoms with E-state index in [4.69, 9.17) is 14.0 Å². The van der Waals surface area contributed by atoms with Crippen molar-refractivity contribution < 1.29 is 18.8 Å². The van der Waals surface area contributed by atoms with Gasteiger partial charge in [-0.15, -0.1) is 0 Å². The number of ether oxygens (including phenoxy) is 2. The van der Waals surface area contributed by atoms with Crippen LogP contribution in [0.2, 0.25) is 0 Å². The molecule has 0 atom stereocenters. The molecule has 0 aliphatic rings. The third-order valence-corrected chi connectivity index (χ3v) is 3.01. The van der Waals surface area contributed by atoms with Gasteiger partial charge in [0, 0.05) is 25.7 Å². The van der Waals surface area contributed by atoms with Crippen molar-refractivity contribution in [3.05, 3.63) is 29.9 Å². The van der Waals surface area contributed by atoms with Gasteiger partial charge >= 0.3 is 0 Å². The van der Waals surface area contributed by atoms with Crippen molar-refractivity contribution >= 4 is 11.6 Å². The van der Waals surface area contributed by atoms with Crippen LogP contribution in [-0.4, -0.2) is 37.3 Å². The summed E-state index contributed by atoms with van der Waals surface area (Å²) in [6, 6.07) is 5.26. The Kier molecular flexibility index (Phi) is 4.42. The highest BCUT2D eigenvalue weighted by atomic mass is 16.5. The number of methoxy groups -OCH3 is 2. The molecule has 0 aliphatic heterocycles. The predicted octanol–water partition coefficient (Wildman–Crippen LogP) is 1.60. The fourth-order valence-electron chi connectivity index (χ4n) is 1.84. The molecule has 1 aromatic carbocycles. The van der Waals surface area contributed by atoms with Gasteiger partial charge in [-0.3, -0.25) is 4.79 Å². The topological polar surface area (TPSA) is 77.7 Å². The molecule has 21 heavy (non-hydrogen) atoms. The van der Waals surface area contributed by atoms with Gasteiger partial charge < -0.3 is 18.9 Å². The number of hydrogen-bond donors (Lipinski definition) is 0. The van der Waals surface area contributed by atoms with Crippen LogP contribution in [0.5, 0.6) is 11.5 Å². The molecule has 0 saturated carbocycles. The lowest BCUT2D eigenvalue weighted by molar-refractivity contribution is -0.117. The normalized spacial score (nSPS) is 10.3. The summed E-state index contributed by atoms with van der Waals surface area (Å²) in [5.74, 6) is 1.82. The number of carbonyl (C=O) groups is 1. The van der Waals surface area contributed by atoms with Crippen molar-refractivity contribution in [1.82, 2.24) is 10.1 Å². The maximum atomic E-state index is 12.2. The molecule has 0 aliphatic carbocycles. The van der Waals surface area contributed by atoms with E-state index in [-0.39, 0.29) is 12.3 Å². The molecule has 1 amide bonds. The first-order valence-electron chi connectivity index (χ1n) is 6.33. The van der Waals surface area contributed by atoms with Crippen LogP contribution in [0, 0.1) is 6.92 Å². The highest BCUT2D eigenvalue weighted by molar-refractivity contribution is 5.94. The van der Waals surface area contributed by atoms with Crippen molar-refractivity contribution in [2.75, 3.05) is 26.2 Å². The number of amides is 1. The third kappa shape index (κ3) is 3.31. The van der Waals surface area contributed by atoms with Gasteiger partial charge in [0.25, 0.3) is 0 Å². The average Bonchev–Trinajstić information content (AvgIpc) is 2.90. The minimum Gasteiger partial charge on any atom is -0.493 e. The number of hydrogen-bond acceptors (Lipinski definition) is 6. The van der Waals surface area contributed by atoms with Crippen molar-refractivity contribution in [2.45, 2.75) is 13.3 Å². The minimum absolute atomic E-state index is 0.0716. The van der Waals surface area contributed by atoms with E-state index in [9.17, 15) is 4.79 Å². The van der Waals surface area contributed by atoms with Gasteiger partial charge in [-0.2, -0.15) is 4.98 Å². The quantitative estimate of drug-likeness (QED) is 0.832. The Morgan fingerprint density at radius 3 is 2.57 bits per heavy atom. The second-order valence-electron chi connectivity index (χ2n) is 4.40. The zero-order valence-corrected chi connectivity index (χ0v) is 12.4. The van der Waals surface area contributed by atoms with Crippen LogP contribution < -0.4 is 14.4 Å². The molecule has 7 heteroatoms. The highest BCUT2D eigenvalue weighted by Gasteiger charge is 2.16. The lowest BCUT2D eigenvalue weighted by Gasteiger charge is -2.18. The van der Waals surface area contributed by atoms with Gasteiger partial charge in [-0.1, -0.05) is 5.16 Å². The predicted molar refractivity (Wildman–Crippen MR) is 75.7 cm³/mol. The van der Waals surface area contributed by atoms with E-state index in [2.05, 4.69) is 10.1 Å². The van der Waals surface area contributed by atoms with Crippen LogP contribution in [-0.2, 0) is 11.2 Å². The van der Waals surface area contributed by atoms with Crippen LogP contribution in [0.4, 0.5) is 5.69 Å². The molecule has 112 valence electrons. The first kappa shape index (κ1) is 14.8. The molecule has 7 nitrogen and oxygen atoms in total. The summed E-state index contributed by atoms with van der Waals surface area (Å²) >= 11 is 0. The van der Waals surface area contributed by atoms with Gasteiger partial charge in [0.1, 0.15) is 0 Å². The maximum Gasteiger partial charge on any atom is 0.234 e. The fourth-order valence-corrected chi connectivity index (χ4v) is 1.84. The Hall–Kier alpha value is -2.57. The summed E-state index contributed by atoms with van der Waals surface area (Å²) in [4.78, 5) is 17.7. The Bertz CT molecular complexity index is 639. The molecule has 0 unspecified atom stereocenters. The zero-order chi connectivity index (χ0) is 15.4. The summed E-state index contributed by atoms with van der Waals surface area (Å²) in [7, 11) is 4.78. The number of likely N-dealkylation sites (N-methyl/N-ethyl adjacent to an activating group) is 1. The van der Waals surface area contributed by atoms with Gasteiger partial charge in [-0.05, 0) is 12.1 Å². The Morgan fingerprint density at radius 2 is 2.00 bits per heavy atom. The Balaban J connectivity index is 2.15. The molecule has 1 heterocycles. The summed E-state index contributed by atoms with van der Waals surface area (Å²) in [6.45, 7) is 1.68. The van der Waals surface area contributed by atoms with Gasteiger partial charge in [0.15, 0.2) is 17.3 Å². The van der Waals surface area contributed by atoms with Crippen LogP contribution in [0.1, 0.15) is 11.7 Å². The molecule has 0 fully saturated rings. The van der Waals surface area contributed by atoms with Crippen molar-refractivity contribution in [3.63, 3.8) is 0 Å². The molecular formula is C14H17N3O4. The average molecular weight is 291 g/mol. The first-order valence-corrected chi connectivity index (χ1v) is 6.33. The highest BCUT2D eigenvalue weighted by Crippen LogP contribution is 2.31. The summed E-state index contributed by atoms with van der Waals surface area (Å²) in [5, 5.41) is 3.71. The maximum absolute atomic E-state index is 12.2. The summed E-state index contributed by atoms with van der Waals surface area (Å²) < 4.78 is 15.2. The molecule has 0 radical (unpaired) electrons. The molecule has 2 aromatic rings. The largest absolute Gasteiger partial charge is 0.493 e. The van der Waals surface area contributed by atoms with Crippen molar-refractivity contribution in [2.24, 2.45) is 0 Å². The Morgan fingerprint density at radius 1 is 1.29 bits per heavy atom. The Labute approximate surface area is 122 Å². The van der Waals surface area contributed by atoms with Gasteiger partial charge in [-0.25, -0.2) is 0 Å². The molecular weight excluding hydrogens is 274 g/mol.